The van der Waals surface area contributed by atoms with Crippen LogP contribution in [0.15, 0.2) is 64.6 Å². The number of benzene rings is 2. The molecule has 11 heteroatoms. The van der Waals surface area contributed by atoms with Crippen molar-refractivity contribution in [2.75, 3.05) is 26.8 Å². The van der Waals surface area contributed by atoms with E-state index in [0.717, 1.165) is 42.2 Å². The number of hydrogen-bond acceptors (Lipinski definition) is 6. The maximum atomic E-state index is 14.4. The molecule has 2 bridgehead atoms. The smallest absolute Gasteiger partial charge is 0.416 e. The van der Waals surface area contributed by atoms with Crippen LogP contribution < -0.4 is 0 Å². The zero-order chi connectivity index (χ0) is 35.8. The fourth-order valence-electron chi connectivity index (χ4n) is 8.18. The summed E-state index contributed by atoms with van der Waals surface area (Å²) in [5.74, 6) is -0.603. The lowest BCUT2D eigenvalue weighted by Crippen LogP contribution is -2.48. The summed E-state index contributed by atoms with van der Waals surface area (Å²) < 4.78 is 58.1. The number of hydrogen-bond donors (Lipinski definition) is 1. The van der Waals surface area contributed by atoms with Gasteiger partial charge < -0.3 is 23.9 Å². The van der Waals surface area contributed by atoms with Gasteiger partial charge in [-0.15, -0.1) is 0 Å². The highest BCUT2D eigenvalue weighted by molar-refractivity contribution is 6.33. The number of rotatable bonds is 7. The maximum Gasteiger partial charge on any atom is 0.416 e. The third-order valence-corrected chi connectivity index (χ3v) is 11.4. The summed E-state index contributed by atoms with van der Waals surface area (Å²) in [6.07, 6.45) is 1.71. The molecule has 1 spiro atoms. The van der Waals surface area contributed by atoms with E-state index in [4.69, 9.17) is 25.5 Å². The van der Waals surface area contributed by atoms with Gasteiger partial charge in [0.15, 0.2) is 5.76 Å². The van der Waals surface area contributed by atoms with Gasteiger partial charge in [0.25, 0.3) is 0 Å². The van der Waals surface area contributed by atoms with Crippen molar-refractivity contribution in [3.63, 3.8) is 0 Å². The van der Waals surface area contributed by atoms with Crippen LogP contribution in [-0.4, -0.2) is 60.4 Å². The Morgan fingerprint density at radius 1 is 1.12 bits per heavy atom. The van der Waals surface area contributed by atoms with Gasteiger partial charge >= 0.3 is 12.3 Å². The quantitative estimate of drug-likeness (QED) is 0.149. The highest BCUT2D eigenvalue weighted by Gasteiger charge is 2.63. The molecular weight excluding hydrogens is 671 g/mol. The Morgan fingerprint density at radius 2 is 1.92 bits per heavy atom. The molecule has 2 aromatic carbocycles. The van der Waals surface area contributed by atoms with Crippen molar-refractivity contribution >= 4 is 23.5 Å². The average Bonchev–Trinajstić information content (AvgIpc) is 3.75. The van der Waals surface area contributed by atoms with E-state index in [1.54, 1.807) is 18.1 Å². The molecule has 3 aliphatic carbocycles. The number of fused-ring (bicyclic) bond motifs is 8. The van der Waals surface area contributed by atoms with Crippen LogP contribution in [0.3, 0.4) is 0 Å². The standard InChI is InChI=1S/C39H43ClF3NO6/c1-24-6-4-16-37(2)31(15-17-38(37)23-44(36(47)50-38)18-5-19-48-3)28-11-8-25(20-27(45)10-7-24)21-29(28)35(46)34-14-13-33(49-34)30-22-26(39(41,42)43)9-12-32(30)40/h6,8-9,11-14,21-22,27,31,45H,4-5,7,10,15-20,23H2,1-3H3/t27-,31-,37-,38+/m0/s1. The molecule has 7 nitrogen and oxygen atoms in total. The first kappa shape index (κ1) is 36.2. The van der Waals surface area contributed by atoms with Crippen LogP contribution in [0.5, 0.6) is 0 Å². The van der Waals surface area contributed by atoms with E-state index in [1.165, 1.54) is 17.7 Å². The van der Waals surface area contributed by atoms with Crippen LogP contribution >= 0.6 is 11.6 Å². The largest absolute Gasteiger partial charge is 0.453 e. The third kappa shape index (κ3) is 6.99. The van der Waals surface area contributed by atoms with Crippen LogP contribution in [0.25, 0.3) is 11.3 Å². The van der Waals surface area contributed by atoms with Gasteiger partial charge in [-0.3, -0.25) is 4.79 Å². The molecule has 1 amide bonds. The molecule has 1 saturated heterocycles. The van der Waals surface area contributed by atoms with Crippen LogP contribution in [0, 0.1) is 5.41 Å². The molecule has 2 heterocycles. The molecule has 7 rings (SSSR count). The van der Waals surface area contributed by atoms with Crippen molar-refractivity contribution in [2.45, 2.75) is 89.0 Å². The van der Waals surface area contributed by atoms with Gasteiger partial charge in [-0.25, -0.2) is 4.79 Å². The highest BCUT2D eigenvalue weighted by Crippen LogP contribution is 2.61. The van der Waals surface area contributed by atoms with Crippen LogP contribution in [0.1, 0.15) is 97.5 Å². The first-order valence-electron chi connectivity index (χ1n) is 17.2. The molecule has 1 N–H and O–H groups in total. The summed E-state index contributed by atoms with van der Waals surface area (Å²) in [5.41, 5.74) is 0.979. The fraction of sp³-hybridized carbons (Fsp3) is 0.487. The summed E-state index contributed by atoms with van der Waals surface area (Å²) in [7, 11) is 1.63. The number of ketones is 1. The van der Waals surface area contributed by atoms with Gasteiger partial charge in [0.2, 0.25) is 5.78 Å². The third-order valence-electron chi connectivity index (χ3n) is 11.0. The number of aliphatic hydroxyl groups excluding tert-OH is 1. The van der Waals surface area contributed by atoms with Gasteiger partial charge in [0.1, 0.15) is 11.4 Å². The van der Waals surface area contributed by atoms with Crippen molar-refractivity contribution in [3.05, 3.63) is 93.2 Å². The Balaban J connectivity index is 1.41. The second kappa shape index (κ2) is 14.2. The monoisotopic (exact) mass is 713 g/mol. The van der Waals surface area contributed by atoms with Crippen molar-refractivity contribution < 1.29 is 41.8 Å². The highest BCUT2D eigenvalue weighted by atomic mass is 35.5. The van der Waals surface area contributed by atoms with E-state index in [0.29, 0.717) is 63.8 Å². The number of furan rings is 1. The summed E-state index contributed by atoms with van der Waals surface area (Å²) >= 11 is 6.30. The second-order valence-corrected chi connectivity index (χ2v) is 14.6. The van der Waals surface area contributed by atoms with Crippen molar-refractivity contribution in [2.24, 2.45) is 5.41 Å². The lowest BCUT2D eigenvalue weighted by atomic mass is 9.65. The van der Waals surface area contributed by atoms with Crippen molar-refractivity contribution in [3.8, 4) is 11.3 Å². The fourth-order valence-corrected chi connectivity index (χ4v) is 8.39. The predicted octanol–water partition coefficient (Wildman–Crippen LogP) is 9.38. The molecule has 50 heavy (non-hydrogen) atoms. The molecule has 0 unspecified atom stereocenters. The first-order valence-corrected chi connectivity index (χ1v) is 17.6. The normalized spacial score (nSPS) is 25.8. The van der Waals surface area contributed by atoms with Gasteiger partial charge in [0.05, 0.1) is 23.2 Å². The van der Waals surface area contributed by atoms with Gasteiger partial charge in [-0.05, 0) is 112 Å². The summed E-state index contributed by atoms with van der Waals surface area (Å²) in [5, 5.41) is 11.0. The molecule has 0 radical (unpaired) electrons. The lowest BCUT2D eigenvalue weighted by molar-refractivity contribution is -0.137. The maximum absolute atomic E-state index is 14.4. The number of halogens is 4. The summed E-state index contributed by atoms with van der Waals surface area (Å²) in [6.45, 7) is 5.73. The minimum Gasteiger partial charge on any atom is -0.453 e. The van der Waals surface area contributed by atoms with Gasteiger partial charge in [-0.1, -0.05) is 42.3 Å². The first-order chi connectivity index (χ1) is 23.7. The molecule has 1 aromatic heterocycles. The molecule has 3 aromatic rings. The Bertz CT molecular complexity index is 1790. The van der Waals surface area contributed by atoms with Crippen molar-refractivity contribution in [1.29, 1.82) is 0 Å². The number of amides is 1. The SMILES string of the molecule is COCCCN1C[C@@]2(CC[C@H]3c4ccc(cc4C(=O)c4ccc(-c5cc(C(F)(F)F)ccc5Cl)o4)C[C@@H](O)CCC(C)=CCC[C@@]32C)OC1=O. The Kier molecular flexibility index (Phi) is 10.3. The Morgan fingerprint density at radius 3 is 2.68 bits per heavy atom. The number of alkyl halides is 3. The molecule has 4 aliphatic rings. The minimum absolute atomic E-state index is 0.0267. The number of aliphatic hydroxyl groups is 1. The van der Waals surface area contributed by atoms with Crippen molar-refractivity contribution in [1.82, 2.24) is 4.90 Å². The summed E-state index contributed by atoms with van der Waals surface area (Å²) in [4.78, 5) is 29.5. The number of carbonyl (C=O) groups excluding carboxylic acids is 2. The van der Waals surface area contributed by atoms with Gasteiger partial charge in [-0.2, -0.15) is 13.2 Å². The van der Waals surface area contributed by atoms with Crippen LogP contribution in [-0.2, 0) is 22.1 Å². The Hall–Kier alpha value is -3.60. The number of allylic oxidation sites excluding steroid dienone is 2. The number of carbonyl (C=O) groups is 2. The van der Waals surface area contributed by atoms with E-state index < -0.39 is 34.6 Å². The van der Waals surface area contributed by atoms with E-state index >= 15 is 0 Å². The molecule has 268 valence electrons. The summed E-state index contributed by atoms with van der Waals surface area (Å²) in [6, 6.07) is 11.6. The van der Waals surface area contributed by atoms with Crippen LogP contribution in [0.2, 0.25) is 5.02 Å². The molecule has 4 atom stereocenters. The van der Waals surface area contributed by atoms with Gasteiger partial charge in [0, 0.05) is 36.8 Å². The minimum atomic E-state index is -4.58. The molecular formula is C39H43ClF3NO6. The van der Waals surface area contributed by atoms with E-state index in [-0.39, 0.29) is 34.1 Å². The lowest BCUT2D eigenvalue weighted by Gasteiger charge is -2.43. The molecule has 1 aliphatic heterocycles. The number of methoxy groups -OCH3 is 1. The zero-order valence-electron chi connectivity index (χ0n) is 28.6. The average molecular weight is 714 g/mol. The topological polar surface area (TPSA) is 89.2 Å². The Labute approximate surface area is 295 Å². The second-order valence-electron chi connectivity index (χ2n) is 14.2. The zero-order valence-corrected chi connectivity index (χ0v) is 29.3. The number of nitrogens with zero attached hydrogens (tertiary/aromatic N) is 1. The van der Waals surface area contributed by atoms with E-state index in [2.05, 4.69) is 19.9 Å². The number of ether oxygens (including phenoxy) is 2. The van der Waals surface area contributed by atoms with E-state index in [1.807, 2.05) is 12.1 Å². The van der Waals surface area contributed by atoms with Crippen LogP contribution in [0.4, 0.5) is 18.0 Å². The predicted molar refractivity (Wildman–Crippen MR) is 183 cm³/mol. The molecule has 2 fully saturated rings. The molecule has 1 saturated carbocycles. The van der Waals surface area contributed by atoms with E-state index in [9.17, 15) is 27.9 Å².